The minimum atomic E-state index is -1.15. The lowest BCUT2D eigenvalue weighted by atomic mass is 10.00. The van der Waals surface area contributed by atoms with E-state index in [1.165, 1.54) is 6.92 Å². The monoisotopic (exact) mass is 386 g/mol. The number of carboxylic acid groups (broad SMARTS) is 1. The van der Waals surface area contributed by atoms with Crippen LogP contribution in [0.15, 0.2) is 0 Å². The van der Waals surface area contributed by atoms with Gasteiger partial charge in [0.2, 0.25) is 17.7 Å². The fourth-order valence-electron chi connectivity index (χ4n) is 2.25. The van der Waals surface area contributed by atoms with Crippen LogP contribution < -0.4 is 21.7 Å². The maximum Gasteiger partial charge on any atom is 0.326 e. The highest BCUT2D eigenvalue weighted by molar-refractivity contribution is 5.94. The lowest BCUT2D eigenvalue weighted by Crippen LogP contribution is -2.58. The van der Waals surface area contributed by atoms with Crippen molar-refractivity contribution in [2.75, 3.05) is 0 Å². The molecule has 0 aromatic rings. The molecule has 4 atom stereocenters. The average molecular weight is 386 g/mol. The molecule has 156 valence electrons. The SMILES string of the molecule is CC(NC(=O)C(NC(=O)C(N)C(C)C)C(C)C)C(=O)NC(C(=O)O)C(C)C. The molecule has 0 fully saturated rings. The van der Waals surface area contributed by atoms with E-state index >= 15 is 0 Å². The van der Waals surface area contributed by atoms with Crippen LogP contribution in [0.25, 0.3) is 0 Å². The minimum absolute atomic E-state index is 0.0884. The molecule has 0 saturated heterocycles. The van der Waals surface area contributed by atoms with Crippen molar-refractivity contribution in [1.29, 1.82) is 0 Å². The summed E-state index contributed by atoms with van der Waals surface area (Å²) >= 11 is 0. The number of amides is 3. The number of rotatable bonds is 10. The predicted molar refractivity (Wildman–Crippen MR) is 102 cm³/mol. The summed E-state index contributed by atoms with van der Waals surface area (Å²) in [7, 11) is 0. The molecule has 4 unspecified atom stereocenters. The summed E-state index contributed by atoms with van der Waals surface area (Å²) < 4.78 is 0. The van der Waals surface area contributed by atoms with Crippen LogP contribution in [0.1, 0.15) is 48.5 Å². The quantitative estimate of drug-likeness (QED) is 0.352. The van der Waals surface area contributed by atoms with E-state index in [0.717, 1.165) is 0 Å². The molecule has 0 aliphatic carbocycles. The molecule has 0 radical (unpaired) electrons. The summed E-state index contributed by atoms with van der Waals surface area (Å²) in [6, 6.07) is -3.63. The Hall–Kier alpha value is -2.16. The third-order valence-corrected chi connectivity index (χ3v) is 4.25. The van der Waals surface area contributed by atoms with E-state index in [-0.39, 0.29) is 17.8 Å². The zero-order valence-electron chi connectivity index (χ0n) is 17.2. The van der Waals surface area contributed by atoms with E-state index in [0.29, 0.717) is 0 Å². The molecule has 9 heteroatoms. The molecular weight excluding hydrogens is 352 g/mol. The third kappa shape index (κ3) is 7.94. The largest absolute Gasteiger partial charge is 0.480 e. The molecule has 9 nitrogen and oxygen atoms in total. The predicted octanol–water partition coefficient (Wildman–Crippen LogP) is -0.159. The van der Waals surface area contributed by atoms with E-state index in [4.69, 9.17) is 10.8 Å². The van der Waals surface area contributed by atoms with Crippen molar-refractivity contribution >= 4 is 23.7 Å². The Bertz CT molecular complexity index is 548. The van der Waals surface area contributed by atoms with Gasteiger partial charge in [-0.05, 0) is 24.7 Å². The fourth-order valence-corrected chi connectivity index (χ4v) is 2.25. The lowest BCUT2D eigenvalue weighted by Gasteiger charge is -2.26. The van der Waals surface area contributed by atoms with Crippen molar-refractivity contribution in [3.8, 4) is 0 Å². The van der Waals surface area contributed by atoms with Crippen LogP contribution in [0.4, 0.5) is 0 Å². The van der Waals surface area contributed by atoms with Gasteiger partial charge in [0.15, 0.2) is 0 Å². The van der Waals surface area contributed by atoms with Crippen LogP contribution in [0.2, 0.25) is 0 Å². The summed E-state index contributed by atoms with van der Waals surface area (Å²) in [6.07, 6.45) is 0. The summed E-state index contributed by atoms with van der Waals surface area (Å²) in [4.78, 5) is 48.1. The van der Waals surface area contributed by atoms with Gasteiger partial charge in [-0.3, -0.25) is 14.4 Å². The Balaban J connectivity index is 5.00. The fraction of sp³-hybridized carbons (Fsp3) is 0.778. The third-order valence-electron chi connectivity index (χ3n) is 4.25. The van der Waals surface area contributed by atoms with Gasteiger partial charge in [0.1, 0.15) is 18.1 Å². The minimum Gasteiger partial charge on any atom is -0.480 e. The molecule has 0 aromatic carbocycles. The van der Waals surface area contributed by atoms with E-state index in [1.54, 1.807) is 41.5 Å². The standard InChI is InChI=1S/C18H34N4O5/c1-8(2)12(19)16(24)21-13(9(3)4)17(25)20-11(7)15(23)22-14(10(5)6)18(26)27/h8-14H,19H2,1-7H3,(H,20,25)(H,21,24)(H,22,23)(H,26,27). The molecule has 0 rings (SSSR count). The molecular formula is C18H34N4O5. The number of nitrogens with one attached hydrogen (secondary N) is 3. The topological polar surface area (TPSA) is 151 Å². The normalized spacial score (nSPS) is 15.8. The zero-order valence-corrected chi connectivity index (χ0v) is 17.2. The highest BCUT2D eigenvalue weighted by Crippen LogP contribution is 2.06. The van der Waals surface area contributed by atoms with Crippen molar-refractivity contribution in [2.24, 2.45) is 23.5 Å². The van der Waals surface area contributed by atoms with Gasteiger partial charge < -0.3 is 26.8 Å². The number of carbonyl (C=O) groups excluding carboxylic acids is 3. The van der Waals surface area contributed by atoms with Gasteiger partial charge in [-0.15, -0.1) is 0 Å². The summed E-state index contributed by atoms with van der Waals surface area (Å²) in [5.74, 6) is -3.37. The number of hydrogen-bond donors (Lipinski definition) is 5. The Kier molecular flexibility index (Phi) is 9.99. The molecule has 0 aliphatic heterocycles. The summed E-state index contributed by atoms with van der Waals surface area (Å²) in [5, 5.41) is 16.7. The Labute approximate surface area is 160 Å². The Morgan fingerprint density at radius 2 is 1.11 bits per heavy atom. The molecule has 3 amide bonds. The first-order chi connectivity index (χ1) is 12.3. The second-order valence-corrected chi connectivity index (χ2v) is 7.80. The zero-order chi connectivity index (χ0) is 21.5. The first-order valence-corrected chi connectivity index (χ1v) is 9.19. The van der Waals surface area contributed by atoms with Crippen LogP contribution in [0, 0.1) is 17.8 Å². The number of hydrogen-bond acceptors (Lipinski definition) is 5. The van der Waals surface area contributed by atoms with Gasteiger partial charge in [-0.1, -0.05) is 41.5 Å². The highest BCUT2D eigenvalue weighted by atomic mass is 16.4. The van der Waals surface area contributed by atoms with Crippen LogP contribution in [0.3, 0.4) is 0 Å². The number of carbonyl (C=O) groups is 4. The molecule has 0 aromatic heterocycles. The number of carboxylic acids is 1. The molecule has 27 heavy (non-hydrogen) atoms. The van der Waals surface area contributed by atoms with E-state index in [9.17, 15) is 19.2 Å². The molecule has 0 heterocycles. The second kappa shape index (κ2) is 10.9. The first-order valence-electron chi connectivity index (χ1n) is 9.19. The number of aliphatic carboxylic acids is 1. The van der Waals surface area contributed by atoms with E-state index in [1.807, 2.05) is 0 Å². The van der Waals surface area contributed by atoms with Gasteiger partial charge in [-0.2, -0.15) is 0 Å². The molecule has 6 N–H and O–H groups in total. The van der Waals surface area contributed by atoms with Crippen molar-refractivity contribution in [2.45, 2.75) is 72.6 Å². The van der Waals surface area contributed by atoms with E-state index < -0.39 is 47.9 Å². The first kappa shape index (κ1) is 24.8. The summed E-state index contributed by atoms with van der Waals surface area (Å²) in [6.45, 7) is 11.9. The van der Waals surface area contributed by atoms with Gasteiger partial charge >= 0.3 is 5.97 Å². The maximum atomic E-state index is 12.5. The van der Waals surface area contributed by atoms with Crippen molar-refractivity contribution in [1.82, 2.24) is 16.0 Å². The average Bonchev–Trinajstić information content (AvgIpc) is 2.54. The second-order valence-electron chi connectivity index (χ2n) is 7.80. The van der Waals surface area contributed by atoms with Crippen LogP contribution >= 0.6 is 0 Å². The Morgan fingerprint density at radius 1 is 0.667 bits per heavy atom. The highest BCUT2D eigenvalue weighted by Gasteiger charge is 2.31. The molecule has 0 bridgehead atoms. The maximum absolute atomic E-state index is 12.5. The lowest BCUT2D eigenvalue weighted by molar-refractivity contribution is -0.143. The van der Waals surface area contributed by atoms with Crippen molar-refractivity contribution in [3.05, 3.63) is 0 Å². The van der Waals surface area contributed by atoms with Crippen LogP contribution in [-0.4, -0.2) is 53.0 Å². The van der Waals surface area contributed by atoms with Crippen LogP contribution in [-0.2, 0) is 19.2 Å². The van der Waals surface area contributed by atoms with Crippen molar-refractivity contribution < 1.29 is 24.3 Å². The summed E-state index contributed by atoms with van der Waals surface area (Å²) in [5.41, 5.74) is 5.81. The van der Waals surface area contributed by atoms with E-state index in [2.05, 4.69) is 16.0 Å². The van der Waals surface area contributed by atoms with Gasteiger partial charge in [0, 0.05) is 0 Å². The van der Waals surface area contributed by atoms with Gasteiger partial charge in [0.25, 0.3) is 0 Å². The van der Waals surface area contributed by atoms with Gasteiger partial charge in [-0.25, -0.2) is 4.79 Å². The Morgan fingerprint density at radius 3 is 1.48 bits per heavy atom. The molecule has 0 spiro atoms. The van der Waals surface area contributed by atoms with Crippen molar-refractivity contribution in [3.63, 3.8) is 0 Å². The number of nitrogens with two attached hydrogens (primary N) is 1. The smallest absolute Gasteiger partial charge is 0.326 e. The molecule has 0 aliphatic rings. The molecule has 0 saturated carbocycles. The van der Waals surface area contributed by atoms with Gasteiger partial charge in [0.05, 0.1) is 6.04 Å². The van der Waals surface area contributed by atoms with Crippen LogP contribution in [0.5, 0.6) is 0 Å².